The molecular weight excluding hydrogens is 222 g/mol. The third kappa shape index (κ3) is 24.8. The van der Waals surface area contributed by atoms with Crippen molar-refractivity contribution >= 4 is 17.7 Å². The molecule has 6 nitrogen and oxygen atoms in total. The summed E-state index contributed by atoms with van der Waals surface area (Å²) in [5.74, 6) is -1.41. The molecule has 6 N–H and O–H groups in total. The predicted octanol–water partition coefficient (Wildman–Crippen LogP) is -0.493. The predicted molar refractivity (Wildman–Crippen MR) is 65.3 cm³/mol. The lowest BCUT2D eigenvalue weighted by Gasteiger charge is -1.84. The molecule has 0 bridgehead atoms. The van der Waals surface area contributed by atoms with Crippen LogP contribution < -0.4 is 17.2 Å². The van der Waals surface area contributed by atoms with Gasteiger partial charge < -0.3 is 17.2 Å². The Labute approximate surface area is 99.8 Å². The smallest absolute Gasteiger partial charge is 0.241 e. The molecule has 0 aromatic rings. The minimum atomic E-state index is -0.481. The van der Waals surface area contributed by atoms with Crippen LogP contribution in [0.15, 0.2) is 37.0 Å². The number of carbonyl (C=O) groups excluding carboxylic acids is 3. The number of primary amides is 3. The first-order chi connectivity index (χ1) is 7.90. The van der Waals surface area contributed by atoms with Gasteiger partial charge in [0.25, 0.3) is 0 Å². The molecule has 0 saturated carbocycles. The summed E-state index contributed by atoms with van der Waals surface area (Å²) in [5, 5.41) is 0. The maximum Gasteiger partial charge on any atom is 0.241 e. The van der Waals surface area contributed by atoms with Gasteiger partial charge in [-0.1, -0.05) is 18.7 Å². The van der Waals surface area contributed by atoms with Crippen molar-refractivity contribution in [1.82, 2.24) is 0 Å². The van der Waals surface area contributed by atoms with Crippen LogP contribution in [0.3, 0.4) is 0 Å². The van der Waals surface area contributed by atoms with Crippen LogP contribution in [0.2, 0.25) is 0 Å². The van der Waals surface area contributed by atoms with Crippen molar-refractivity contribution in [3.8, 4) is 0 Å². The van der Waals surface area contributed by atoms with Gasteiger partial charge in [0.1, 0.15) is 0 Å². The van der Waals surface area contributed by atoms with Crippen LogP contribution in [0.5, 0.6) is 0 Å². The first kappa shape index (κ1) is 17.0. The number of unbranched alkanes of at least 4 members (excludes halogenated alkanes) is 1. The van der Waals surface area contributed by atoms with Gasteiger partial charge in [-0.2, -0.15) is 0 Å². The Hall–Kier alpha value is -2.37. The number of nitrogens with two attached hydrogens (primary N) is 3. The Morgan fingerprint density at radius 1 is 0.824 bits per heavy atom. The molecule has 0 radical (unpaired) electrons. The van der Waals surface area contributed by atoms with Gasteiger partial charge in [0.05, 0.1) is 0 Å². The average molecular weight is 239 g/mol. The van der Waals surface area contributed by atoms with E-state index in [-0.39, 0.29) is 0 Å². The lowest BCUT2D eigenvalue weighted by Crippen LogP contribution is -2.05. The molecule has 0 rings (SSSR count). The lowest BCUT2D eigenvalue weighted by molar-refractivity contribution is -0.114. The molecule has 0 aliphatic heterocycles. The van der Waals surface area contributed by atoms with E-state index in [1.54, 1.807) is 12.2 Å². The quantitative estimate of drug-likeness (QED) is 0.427. The molecule has 0 atom stereocenters. The van der Waals surface area contributed by atoms with Crippen molar-refractivity contribution in [2.45, 2.75) is 12.8 Å². The monoisotopic (exact) mass is 239 g/mol. The van der Waals surface area contributed by atoms with Crippen LogP contribution in [0, 0.1) is 0 Å². The van der Waals surface area contributed by atoms with Crippen LogP contribution in [0.4, 0.5) is 0 Å². The van der Waals surface area contributed by atoms with E-state index in [0.717, 1.165) is 6.08 Å². The Balaban J connectivity index is 0. The summed E-state index contributed by atoms with van der Waals surface area (Å²) in [6, 6.07) is 0. The normalized spacial score (nSPS) is 9.65. The highest BCUT2D eigenvalue weighted by Crippen LogP contribution is 1.91. The number of carbonyl (C=O) groups is 3. The van der Waals surface area contributed by atoms with Crippen LogP contribution >= 0.6 is 0 Å². The van der Waals surface area contributed by atoms with Gasteiger partial charge in [-0.05, 0) is 31.1 Å². The summed E-state index contributed by atoms with van der Waals surface area (Å²) in [5.41, 5.74) is 14.2. The van der Waals surface area contributed by atoms with E-state index in [9.17, 15) is 14.4 Å². The molecular formula is C11H17N3O3. The molecule has 17 heavy (non-hydrogen) atoms. The molecule has 0 aromatic heterocycles. The molecule has 0 fully saturated rings. The first-order valence-electron chi connectivity index (χ1n) is 4.74. The maximum atomic E-state index is 10.2. The van der Waals surface area contributed by atoms with Crippen molar-refractivity contribution in [2.75, 3.05) is 0 Å². The Morgan fingerprint density at radius 3 is 1.29 bits per heavy atom. The first-order valence-corrected chi connectivity index (χ1v) is 4.74. The van der Waals surface area contributed by atoms with Gasteiger partial charge in [0.15, 0.2) is 0 Å². The summed E-state index contributed by atoms with van der Waals surface area (Å²) in [7, 11) is 0. The zero-order valence-corrected chi connectivity index (χ0v) is 9.46. The SMILES string of the molecule is C=CC(N)=O.NC(=O)C=CCCC=CC(N)=O. The number of allylic oxidation sites excluding steroid dienone is 2. The van der Waals surface area contributed by atoms with Crippen molar-refractivity contribution in [3.05, 3.63) is 37.0 Å². The summed E-state index contributed by atoms with van der Waals surface area (Å²) < 4.78 is 0. The van der Waals surface area contributed by atoms with E-state index >= 15 is 0 Å². The van der Waals surface area contributed by atoms with Crippen molar-refractivity contribution in [2.24, 2.45) is 17.2 Å². The third-order valence-corrected chi connectivity index (χ3v) is 1.27. The average Bonchev–Trinajstić information content (AvgIpc) is 2.23. The number of amides is 3. The molecule has 94 valence electrons. The second-order valence-electron chi connectivity index (χ2n) is 2.79. The van der Waals surface area contributed by atoms with Crippen LogP contribution in [-0.4, -0.2) is 17.7 Å². The molecule has 0 aliphatic carbocycles. The fourth-order valence-corrected chi connectivity index (χ4v) is 0.591. The second-order valence-corrected chi connectivity index (χ2v) is 2.79. The van der Waals surface area contributed by atoms with Crippen molar-refractivity contribution in [1.29, 1.82) is 0 Å². The van der Waals surface area contributed by atoms with Gasteiger partial charge in [0, 0.05) is 0 Å². The van der Waals surface area contributed by atoms with Gasteiger partial charge in [-0.3, -0.25) is 14.4 Å². The minimum absolute atomic E-state index is 0.464. The number of hydrogen-bond donors (Lipinski definition) is 3. The summed E-state index contributed by atoms with van der Waals surface area (Å²) in [6.07, 6.45) is 8.27. The zero-order chi connectivity index (χ0) is 13.7. The van der Waals surface area contributed by atoms with E-state index in [0.29, 0.717) is 12.8 Å². The summed E-state index contributed by atoms with van der Waals surface area (Å²) in [6.45, 7) is 3.09. The van der Waals surface area contributed by atoms with Crippen molar-refractivity contribution < 1.29 is 14.4 Å². The Bertz CT molecular complexity index is 309. The molecule has 0 aliphatic rings. The molecule has 6 heteroatoms. The van der Waals surface area contributed by atoms with Gasteiger partial charge in [-0.15, -0.1) is 0 Å². The largest absolute Gasteiger partial charge is 0.366 e. The van der Waals surface area contributed by atoms with Gasteiger partial charge >= 0.3 is 0 Å². The number of hydrogen-bond acceptors (Lipinski definition) is 3. The van der Waals surface area contributed by atoms with Crippen molar-refractivity contribution in [3.63, 3.8) is 0 Å². The highest BCUT2D eigenvalue weighted by Gasteiger charge is 1.83. The van der Waals surface area contributed by atoms with Gasteiger partial charge in [-0.25, -0.2) is 0 Å². The van der Waals surface area contributed by atoms with E-state index in [1.165, 1.54) is 12.2 Å². The zero-order valence-electron chi connectivity index (χ0n) is 9.46. The third-order valence-electron chi connectivity index (χ3n) is 1.27. The molecule has 0 saturated heterocycles. The standard InChI is InChI=1S/C8H12N2O2.C3H5NO/c9-7(11)5-3-1-2-4-6-8(10)12;1-2-3(4)5/h3-6H,1-2H2,(H2,9,11)(H2,10,12);2H,1H2,(H2,4,5). The lowest BCUT2D eigenvalue weighted by atomic mass is 10.2. The fourth-order valence-electron chi connectivity index (χ4n) is 0.591. The van der Waals surface area contributed by atoms with E-state index in [1.807, 2.05) is 0 Å². The molecule has 3 amide bonds. The number of rotatable bonds is 6. The van der Waals surface area contributed by atoms with Gasteiger partial charge in [0.2, 0.25) is 17.7 Å². The molecule has 0 unspecified atom stereocenters. The highest BCUT2D eigenvalue weighted by molar-refractivity contribution is 5.86. The molecule has 0 heterocycles. The second kappa shape index (κ2) is 11.7. The van der Waals surface area contributed by atoms with E-state index in [4.69, 9.17) is 11.5 Å². The summed E-state index contributed by atoms with van der Waals surface area (Å²) >= 11 is 0. The highest BCUT2D eigenvalue weighted by atomic mass is 16.1. The Kier molecular flexibility index (Phi) is 11.7. The van der Waals surface area contributed by atoms with E-state index < -0.39 is 17.7 Å². The van der Waals surface area contributed by atoms with Crippen LogP contribution in [0.25, 0.3) is 0 Å². The maximum absolute atomic E-state index is 10.2. The van der Waals surface area contributed by atoms with E-state index in [2.05, 4.69) is 12.3 Å². The summed E-state index contributed by atoms with van der Waals surface area (Å²) in [4.78, 5) is 29.8. The molecule has 0 aromatic carbocycles. The van der Waals surface area contributed by atoms with Crippen LogP contribution in [-0.2, 0) is 14.4 Å². The topological polar surface area (TPSA) is 129 Å². The van der Waals surface area contributed by atoms with Crippen LogP contribution in [0.1, 0.15) is 12.8 Å². The Morgan fingerprint density at radius 2 is 1.12 bits per heavy atom. The minimum Gasteiger partial charge on any atom is -0.366 e. The molecule has 0 spiro atoms. The fraction of sp³-hybridized carbons (Fsp3) is 0.182.